The average Bonchev–Trinajstić information content (AvgIpc) is 2.52. The number of nitrogens with one attached hydrogen (secondary N) is 1. The Labute approximate surface area is 86.5 Å². The van der Waals surface area contributed by atoms with E-state index in [1.807, 2.05) is 17.9 Å². The van der Waals surface area contributed by atoms with Crippen LogP contribution in [0.4, 0.5) is 0 Å². The molecule has 0 bridgehead atoms. The lowest BCUT2D eigenvalue weighted by molar-refractivity contribution is 0.387. The molecule has 3 nitrogen and oxygen atoms in total. The molecule has 0 aromatic carbocycles. The van der Waals surface area contributed by atoms with Crippen molar-refractivity contribution in [1.29, 1.82) is 0 Å². The van der Waals surface area contributed by atoms with Crippen molar-refractivity contribution >= 4 is 0 Å². The average molecular weight is 195 g/mol. The highest BCUT2D eigenvalue weighted by Gasteiger charge is 2.09. The number of aryl methyl sites for hydroxylation is 1. The summed E-state index contributed by atoms with van der Waals surface area (Å²) in [6.07, 6.45) is 5.15. The third kappa shape index (κ3) is 3.14. The summed E-state index contributed by atoms with van der Waals surface area (Å²) >= 11 is 0. The lowest BCUT2D eigenvalue weighted by atomic mass is 10.0. The number of hydrogen-bond donors (Lipinski definition) is 1. The standard InChI is InChI=1S/C11H21N3/c1-5-11(9(2)3)12-6-10-7-13-14(4)8-10/h7-9,11-12H,5-6H2,1-4H3. The van der Waals surface area contributed by atoms with Crippen molar-refractivity contribution in [3.8, 4) is 0 Å². The molecule has 1 N–H and O–H groups in total. The molecule has 1 rings (SSSR count). The van der Waals surface area contributed by atoms with E-state index in [0.29, 0.717) is 12.0 Å². The Kier molecular flexibility index (Phi) is 4.14. The first-order chi connectivity index (χ1) is 6.63. The Morgan fingerprint density at radius 1 is 1.50 bits per heavy atom. The van der Waals surface area contributed by atoms with Gasteiger partial charge in [0.25, 0.3) is 0 Å². The Morgan fingerprint density at radius 2 is 2.21 bits per heavy atom. The maximum atomic E-state index is 4.14. The fraction of sp³-hybridized carbons (Fsp3) is 0.727. The molecule has 0 fully saturated rings. The van der Waals surface area contributed by atoms with E-state index in [-0.39, 0.29) is 0 Å². The van der Waals surface area contributed by atoms with Gasteiger partial charge in [0.2, 0.25) is 0 Å². The van der Waals surface area contributed by atoms with Gasteiger partial charge in [0, 0.05) is 31.4 Å². The van der Waals surface area contributed by atoms with Gasteiger partial charge in [-0.15, -0.1) is 0 Å². The van der Waals surface area contributed by atoms with Gasteiger partial charge in [0.15, 0.2) is 0 Å². The lowest BCUT2D eigenvalue weighted by Gasteiger charge is -2.20. The molecule has 3 heteroatoms. The predicted octanol–water partition coefficient (Wildman–Crippen LogP) is 1.94. The molecule has 0 saturated carbocycles. The summed E-state index contributed by atoms with van der Waals surface area (Å²) in [5.41, 5.74) is 1.26. The molecule has 0 spiro atoms. The van der Waals surface area contributed by atoms with Gasteiger partial charge in [-0.2, -0.15) is 5.10 Å². The van der Waals surface area contributed by atoms with Crippen LogP contribution in [0.3, 0.4) is 0 Å². The zero-order chi connectivity index (χ0) is 10.6. The summed E-state index contributed by atoms with van der Waals surface area (Å²) in [7, 11) is 1.95. The molecule has 0 aliphatic heterocycles. The predicted molar refractivity (Wildman–Crippen MR) is 59.0 cm³/mol. The minimum atomic E-state index is 0.607. The second-order valence-electron chi connectivity index (χ2n) is 4.16. The van der Waals surface area contributed by atoms with Gasteiger partial charge >= 0.3 is 0 Å². The van der Waals surface area contributed by atoms with E-state index in [1.165, 1.54) is 12.0 Å². The molecular formula is C11H21N3. The molecule has 0 saturated heterocycles. The summed E-state index contributed by atoms with van der Waals surface area (Å²) in [5.74, 6) is 0.691. The van der Waals surface area contributed by atoms with Gasteiger partial charge in [-0.25, -0.2) is 0 Å². The molecule has 80 valence electrons. The normalized spacial score (nSPS) is 13.5. The Morgan fingerprint density at radius 3 is 2.64 bits per heavy atom. The van der Waals surface area contributed by atoms with Gasteiger partial charge in [-0.05, 0) is 12.3 Å². The van der Waals surface area contributed by atoms with Crippen LogP contribution in [-0.2, 0) is 13.6 Å². The van der Waals surface area contributed by atoms with Crippen LogP contribution in [0, 0.1) is 5.92 Å². The van der Waals surface area contributed by atoms with Crippen LogP contribution in [0.25, 0.3) is 0 Å². The largest absolute Gasteiger partial charge is 0.310 e. The molecule has 0 aliphatic rings. The summed E-state index contributed by atoms with van der Waals surface area (Å²) < 4.78 is 1.84. The lowest BCUT2D eigenvalue weighted by Crippen LogP contribution is -2.32. The van der Waals surface area contributed by atoms with Crippen LogP contribution in [-0.4, -0.2) is 15.8 Å². The van der Waals surface area contributed by atoms with E-state index in [4.69, 9.17) is 0 Å². The molecule has 1 atom stereocenters. The second kappa shape index (κ2) is 5.15. The molecule has 1 aromatic rings. The van der Waals surface area contributed by atoms with Gasteiger partial charge in [0.05, 0.1) is 6.20 Å². The van der Waals surface area contributed by atoms with Gasteiger partial charge < -0.3 is 5.32 Å². The second-order valence-corrected chi connectivity index (χ2v) is 4.16. The van der Waals surface area contributed by atoms with Crippen molar-refractivity contribution in [3.05, 3.63) is 18.0 Å². The number of nitrogens with zero attached hydrogens (tertiary/aromatic N) is 2. The van der Waals surface area contributed by atoms with E-state index in [1.54, 1.807) is 0 Å². The fourth-order valence-corrected chi connectivity index (χ4v) is 1.66. The van der Waals surface area contributed by atoms with Crippen molar-refractivity contribution in [2.45, 2.75) is 39.8 Å². The van der Waals surface area contributed by atoms with Crippen molar-refractivity contribution in [2.24, 2.45) is 13.0 Å². The zero-order valence-electron chi connectivity index (χ0n) is 9.62. The molecular weight excluding hydrogens is 174 g/mol. The zero-order valence-corrected chi connectivity index (χ0v) is 9.62. The smallest absolute Gasteiger partial charge is 0.0534 e. The Bertz CT molecular complexity index is 265. The summed E-state index contributed by atoms with van der Waals surface area (Å²) in [5, 5.41) is 7.69. The van der Waals surface area contributed by atoms with Crippen LogP contribution >= 0.6 is 0 Å². The van der Waals surface area contributed by atoms with Crippen molar-refractivity contribution < 1.29 is 0 Å². The van der Waals surface area contributed by atoms with Crippen LogP contribution in [0.2, 0.25) is 0 Å². The topological polar surface area (TPSA) is 29.9 Å². The summed E-state index contributed by atoms with van der Waals surface area (Å²) in [6.45, 7) is 7.65. The van der Waals surface area contributed by atoms with E-state index < -0.39 is 0 Å². The van der Waals surface area contributed by atoms with Gasteiger partial charge in [0.1, 0.15) is 0 Å². The van der Waals surface area contributed by atoms with Crippen molar-refractivity contribution in [2.75, 3.05) is 0 Å². The number of aromatic nitrogens is 2. The highest BCUT2D eigenvalue weighted by molar-refractivity contribution is 5.03. The van der Waals surface area contributed by atoms with E-state index >= 15 is 0 Å². The third-order valence-corrected chi connectivity index (χ3v) is 2.57. The first-order valence-electron chi connectivity index (χ1n) is 5.34. The van der Waals surface area contributed by atoms with Gasteiger partial charge in [-0.3, -0.25) is 4.68 Å². The van der Waals surface area contributed by atoms with Crippen LogP contribution < -0.4 is 5.32 Å². The molecule has 0 amide bonds. The van der Waals surface area contributed by atoms with Crippen molar-refractivity contribution in [3.63, 3.8) is 0 Å². The molecule has 14 heavy (non-hydrogen) atoms. The first kappa shape index (κ1) is 11.2. The minimum Gasteiger partial charge on any atom is -0.310 e. The number of hydrogen-bond acceptors (Lipinski definition) is 2. The van der Waals surface area contributed by atoms with E-state index in [2.05, 4.69) is 37.4 Å². The summed E-state index contributed by atoms with van der Waals surface area (Å²) in [4.78, 5) is 0. The highest BCUT2D eigenvalue weighted by Crippen LogP contribution is 2.06. The molecule has 1 heterocycles. The Balaban J connectivity index is 2.39. The first-order valence-corrected chi connectivity index (χ1v) is 5.34. The quantitative estimate of drug-likeness (QED) is 0.778. The highest BCUT2D eigenvalue weighted by atomic mass is 15.2. The third-order valence-electron chi connectivity index (χ3n) is 2.57. The SMILES string of the molecule is CCC(NCc1cnn(C)c1)C(C)C. The van der Waals surface area contributed by atoms with Crippen LogP contribution in [0.15, 0.2) is 12.4 Å². The minimum absolute atomic E-state index is 0.607. The fourth-order valence-electron chi connectivity index (χ4n) is 1.66. The summed E-state index contributed by atoms with van der Waals surface area (Å²) in [6, 6.07) is 0.607. The van der Waals surface area contributed by atoms with Crippen LogP contribution in [0.1, 0.15) is 32.8 Å². The maximum Gasteiger partial charge on any atom is 0.0534 e. The molecule has 1 unspecified atom stereocenters. The molecule has 1 aromatic heterocycles. The number of rotatable bonds is 5. The Hall–Kier alpha value is -0.830. The van der Waals surface area contributed by atoms with Crippen LogP contribution in [0.5, 0.6) is 0 Å². The molecule has 0 radical (unpaired) electrons. The maximum absolute atomic E-state index is 4.14. The van der Waals surface area contributed by atoms with E-state index in [0.717, 1.165) is 6.54 Å². The van der Waals surface area contributed by atoms with Crippen molar-refractivity contribution in [1.82, 2.24) is 15.1 Å². The van der Waals surface area contributed by atoms with E-state index in [9.17, 15) is 0 Å². The van der Waals surface area contributed by atoms with Gasteiger partial charge in [-0.1, -0.05) is 20.8 Å². The monoisotopic (exact) mass is 195 g/mol. The molecule has 0 aliphatic carbocycles.